The van der Waals surface area contributed by atoms with Gasteiger partial charge in [0.25, 0.3) is 0 Å². The number of hydrogen-bond acceptors (Lipinski definition) is 2. The van der Waals surface area contributed by atoms with Gasteiger partial charge < -0.3 is 10.1 Å². The minimum atomic E-state index is 0.588. The van der Waals surface area contributed by atoms with Gasteiger partial charge in [-0.25, -0.2) is 0 Å². The molecule has 1 saturated carbocycles. The van der Waals surface area contributed by atoms with E-state index >= 15 is 0 Å². The number of rotatable bonds is 7. The van der Waals surface area contributed by atoms with Crippen molar-refractivity contribution in [2.75, 3.05) is 0 Å². The van der Waals surface area contributed by atoms with Crippen molar-refractivity contribution in [1.82, 2.24) is 5.32 Å². The first-order valence-corrected chi connectivity index (χ1v) is 7.81. The van der Waals surface area contributed by atoms with Crippen molar-refractivity contribution in [2.45, 2.75) is 38.6 Å². The summed E-state index contributed by atoms with van der Waals surface area (Å²) in [6.07, 6.45) is 2.63. The van der Waals surface area contributed by atoms with Crippen molar-refractivity contribution in [3.63, 3.8) is 0 Å². The summed E-state index contributed by atoms with van der Waals surface area (Å²) in [5.41, 5.74) is 3.69. The molecule has 0 aliphatic heterocycles. The molecule has 0 saturated heterocycles. The van der Waals surface area contributed by atoms with Crippen LogP contribution in [0.5, 0.6) is 0 Å². The van der Waals surface area contributed by atoms with Crippen molar-refractivity contribution in [3.8, 4) is 0 Å². The van der Waals surface area contributed by atoms with Crippen LogP contribution in [0.15, 0.2) is 48.5 Å². The molecule has 2 nitrogen and oxygen atoms in total. The summed E-state index contributed by atoms with van der Waals surface area (Å²) >= 11 is 5.98. The lowest BCUT2D eigenvalue weighted by atomic mass is 10.1. The molecule has 1 aliphatic rings. The first-order valence-electron chi connectivity index (χ1n) is 7.43. The van der Waals surface area contributed by atoms with Crippen LogP contribution in [0.1, 0.15) is 29.5 Å². The Kier molecular flexibility index (Phi) is 4.91. The molecule has 0 radical (unpaired) electrons. The molecule has 1 fully saturated rings. The zero-order valence-corrected chi connectivity index (χ0v) is 12.8. The third-order valence-electron chi connectivity index (χ3n) is 3.69. The van der Waals surface area contributed by atoms with Gasteiger partial charge >= 0.3 is 0 Å². The van der Waals surface area contributed by atoms with Crippen LogP contribution >= 0.6 is 11.6 Å². The highest BCUT2D eigenvalue weighted by Gasteiger charge is 2.20. The maximum atomic E-state index is 5.98. The second-order valence-corrected chi connectivity index (χ2v) is 5.98. The van der Waals surface area contributed by atoms with E-state index in [0.717, 1.165) is 23.2 Å². The molecule has 3 heteroatoms. The molecule has 0 heterocycles. The Morgan fingerprint density at radius 3 is 2.57 bits per heavy atom. The predicted octanol–water partition coefficient (Wildman–Crippen LogP) is 4.31. The Morgan fingerprint density at radius 2 is 1.81 bits per heavy atom. The van der Waals surface area contributed by atoms with Crippen molar-refractivity contribution in [1.29, 1.82) is 0 Å². The smallest absolute Gasteiger partial charge is 0.0724 e. The van der Waals surface area contributed by atoms with Gasteiger partial charge in [-0.05, 0) is 41.7 Å². The van der Waals surface area contributed by atoms with Crippen molar-refractivity contribution in [3.05, 3.63) is 70.2 Å². The van der Waals surface area contributed by atoms with Gasteiger partial charge in [0.1, 0.15) is 0 Å². The maximum Gasteiger partial charge on any atom is 0.0724 e. The Morgan fingerprint density at radius 1 is 1.00 bits per heavy atom. The quantitative estimate of drug-likeness (QED) is 0.823. The second-order valence-electron chi connectivity index (χ2n) is 5.55. The lowest BCUT2D eigenvalue weighted by Gasteiger charge is -2.11. The molecule has 3 rings (SSSR count). The van der Waals surface area contributed by atoms with Crippen LogP contribution in [0, 0.1) is 0 Å². The van der Waals surface area contributed by atoms with E-state index in [1.54, 1.807) is 0 Å². The van der Waals surface area contributed by atoms with Gasteiger partial charge in [-0.2, -0.15) is 0 Å². The van der Waals surface area contributed by atoms with Gasteiger partial charge in [0, 0.05) is 17.6 Å². The van der Waals surface area contributed by atoms with Gasteiger partial charge in [0.05, 0.1) is 13.2 Å². The highest BCUT2D eigenvalue weighted by molar-refractivity contribution is 6.30. The Bertz CT molecular complexity index is 595. The molecule has 110 valence electrons. The first-order chi connectivity index (χ1) is 10.3. The minimum absolute atomic E-state index is 0.588. The molecule has 2 aromatic rings. The van der Waals surface area contributed by atoms with Crippen LogP contribution < -0.4 is 5.32 Å². The van der Waals surface area contributed by atoms with E-state index in [-0.39, 0.29) is 0 Å². The van der Waals surface area contributed by atoms with Crippen molar-refractivity contribution >= 4 is 11.6 Å². The molecular formula is C18H20ClNO. The van der Waals surface area contributed by atoms with Crippen LogP contribution in [0.25, 0.3) is 0 Å². The number of hydrogen-bond donors (Lipinski definition) is 1. The third-order valence-corrected chi connectivity index (χ3v) is 3.93. The van der Waals surface area contributed by atoms with Crippen LogP contribution in [-0.2, 0) is 24.5 Å². The van der Waals surface area contributed by atoms with Crippen LogP contribution in [-0.4, -0.2) is 6.04 Å². The van der Waals surface area contributed by atoms with E-state index in [0.29, 0.717) is 13.2 Å². The number of ether oxygens (including phenoxy) is 1. The molecule has 0 bridgehead atoms. The molecular weight excluding hydrogens is 282 g/mol. The van der Waals surface area contributed by atoms with E-state index in [4.69, 9.17) is 16.3 Å². The van der Waals surface area contributed by atoms with Crippen LogP contribution in [0.3, 0.4) is 0 Å². The summed E-state index contributed by atoms with van der Waals surface area (Å²) in [6, 6.07) is 17.0. The maximum absolute atomic E-state index is 5.98. The first kappa shape index (κ1) is 14.6. The molecule has 1 aliphatic carbocycles. The second kappa shape index (κ2) is 7.08. The summed E-state index contributed by atoms with van der Waals surface area (Å²) in [4.78, 5) is 0. The van der Waals surface area contributed by atoms with E-state index < -0.39 is 0 Å². The largest absolute Gasteiger partial charge is 0.372 e. The summed E-state index contributed by atoms with van der Waals surface area (Å²) in [6.45, 7) is 2.15. The Balaban J connectivity index is 1.54. The lowest BCUT2D eigenvalue weighted by Crippen LogP contribution is -2.16. The zero-order valence-electron chi connectivity index (χ0n) is 12.0. The van der Waals surface area contributed by atoms with E-state index in [2.05, 4.69) is 29.6 Å². The fourth-order valence-electron chi connectivity index (χ4n) is 2.32. The van der Waals surface area contributed by atoms with E-state index in [9.17, 15) is 0 Å². The number of benzene rings is 2. The van der Waals surface area contributed by atoms with Crippen molar-refractivity contribution < 1.29 is 4.74 Å². The predicted molar refractivity (Wildman–Crippen MR) is 86.2 cm³/mol. The third kappa shape index (κ3) is 4.57. The SMILES string of the molecule is Clc1cccc(COCc2ccccc2CNC2CC2)c1. The van der Waals surface area contributed by atoms with Gasteiger partial charge in [-0.3, -0.25) is 0 Å². The Hall–Kier alpha value is -1.35. The minimum Gasteiger partial charge on any atom is -0.372 e. The van der Waals surface area contributed by atoms with Crippen LogP contribution in [0.2, 0.25) is 5.02 Å². The standard InChI is InChI=1S/C18H20ClNO/c19-17-7-3-4-14(10-17)12-21-13-16-6-2-1-5-15(16)11-20-18-8-9-18/h1-7,10,18,20H,8-9,11-13H2. The molecule has 0 spiro atoms. The average molecular weight is 302 g/mol. The van der Waals surface area contributed by atoms with E-state index in [1.807, 2.05) is 24.3 Å². The Labute approximate surface area is 131 Å². The fraction of sp³-hybridized carbons (Fsp3) is 0.333. The topological polar surface area (TPSA) is 21.3 Å². The zero-order chi connectivity index (χ0) is 14.5. The molecule has 1 N–H and O–H groups in total. The van der Waals surface area contributed by atoms with Gasteiger partial charge in [0.2, 0.25) is 0 Å². The normalized spacial score (nSPS) is 14.3. The molecule has 2 aromatic carbocycles. The molecule has 21 heavy (non-hydrogen) atoms. The molecule has 0 aromatic heterocycles. The fourth-order valence-corrected chi connectivity index (χ4v) is 2.53. The van der Waals surface area contributed by atoms with Gasteiger partial charge in [-0.1, -0.05) is 48.0 Å². The lowest BCUT2D eigenvalue weighted by molar-refractivity contribution is 0.106. The summed E-state index contributed by atoms with van der Waals surface area (Å²) in [5.74, 6) is 0. The average Bonchev–Trinajstić information content (AvgIpc) is 3.31. The summed E-state index contributed by atoms with van der Waals surface area (Å²) < 4.78 is 5.84. The molecule has 0 amide bonds. The molecule has 0 unspecified atom stereocenters. The number of nitrogens with one attached hydrogen (secondary N) is 1. The summed E-state index contributed by atoms with van der Waals surface area (Å²) in [7, 11) is 0. The highest BCUT2D eigenvalue weighted by Crippen LogP contribution is 2.20. The monoisotopic (exact) mass is 301 g/mol. The highest BCUT2D eigenvalue weighted by atomic mass is 35.5. The number of halogens is 1. The van der Waals surface area contributed by atoms with Crippen LogP contribution in [0.4, 0.5) is 0 Å². The molecule has 0 atom stereocenters. The van der Waals surface area contributed by atoms with E-state index in [1.165, 1.54) is 24.0 Å². The van der Waals surface area contributed by atoms with Crippen molar-refractivity contribution in [2.24, 2.45) is 0 Å². The van der Waals surface area contributed by atoms with Gasteiger partial charge in [-0.15, -0.1) is 0 Å². The summed E-state index contributed by atoms with van der Waals surface area (Å²) in [5, 5.41) is 4.31. The van der Waals surface area contributed by atoms with Gasteiger partial charge in [0.15, 0.2) is 0 Å².